The second kappa shape index (κ2) is 2.11. The molecule has 0 aromatic heterocycles. The number of rotatable bonds is 0. The zero-order valence-electron chi connectivity index (χ0n) is 5.37. The molecule has 0 aromatic rings. The van der Waals surface area contributed by atoms with Crippen LogP contribution in [0.3, 0.4) is 0 Å². The van der Waals surface area contributed by atoms with E-state index in [-0.39, 0.29) is 0 Å². The maximum absolute atomic E-state index is 6.09. The van der Waals surface area contributed by atoms with Gasteiger partial charge in [-0.25, -0.2) is 0 Å². The smallest absolute Gasteiger partial charge is 0.102 e. The van der Waals surface area contributed by atoms with Crippen molar-refractivity contribution in [1.82, 2.24) is 0 Å². The summed E-state index contributed by atoms with van der Waals surface area (Å²) in [5, 5.41) is 0.941. The summed E-state index contributed by atoms with van der Waals surface area (Å²) in [7, 11) is 0. The van der Waals surface area contributed by atoms with Crippen molar-refractivity contribution < 1.29 is 0 Å². The van der Waals surface area contributed by atoms with E-state index < -0.39 is 9.75 Å². The Kier molecular flexibility index (Phi) is 1.58. The molecule has 0 N–H and O–H groups in total. The molecule has 0 spiro atoms. The van der Waals surface area contributed by atoms with E-state index in [4.69, 9.17) is 46.4 Å². The van der Waals surface area contributed by atoms with Gasteiger partial charge in [-0.15, -0.1) is 23.2 Å². The highest BCUT2D eigenvalue weighted by atomic mass is 35.5. The molecule has 0 fully saturated rings. The van der Waals surface area contributed by atoms with Gasteiger partial charge >= 0.3 is 0 Å². The van der Waals surface area contributed by atoms with Crippen LogP contribution in [0.25, 0.3) is 0 Å². The average Bonchev–Trinajstić information content (AvgIpc) is 2.32. The third-order valence-corrected chi connectivity index (χ3v) is 4.29. The topological polar surface area (TPSA) is 0 Å². The molecule has 0 nitrogen and oxygen atoms in total. The highest BCUT2D eigenvalue weighted by Gasteiger charge is 2.53. The Bertz CT molecular complexity index is 254. The van der Waals surface area contributed by atoms with E-state index >= 15 is 0 Å². The molecule has 0 saturated carbocycles. The van der Waals surface area contributed by atoms with Crippen LogP contribution in [-0.4, -0.2) is 9.75 Å². The molecular formula is C7H4Cl4. The van der Waals surface area contributed by atoms with Crippen molar-refractivity contribution in [1.29, 1.82) is 0 Å². The van der Waals surface area contributed by atoms with Gasteiger partial charge in [0.1, 0.15) is 9.75 Å². The van der Waals surface area contributed by atoms with Crippen molar-refractivity contribution in [2.75, 3.05) is 0 Å². The van der Waals surface area contributed by atoms with Crippen LogP contribution in [0.5, 0.6) is 0 Å². The van der Waals surface area contributed by atoms with E-state index in [1.165, 1.54) is 0 Å². The van der Waals surface area contributed by atoms with Gasteiger partial charge in [0.15, 0.2) is 0 Å². The van der Waals surface area contributed by atoms with Crippen LogP contribution >= 0.6 is 46.4 Å². The molecule has 60 valence electrons. The fourth-order valence-corrected chi connectivity index (χ4v) is 2.92. The summed E-state index contributed by atoms with van der Waals surface area (Å²) in [5.41, 5.74) is 0. The van der Waals surface area contributed by atoms with Crippen LogP contribution in [0.2, 0.25) is 0 Å². The third-order valence-electron chi connectivity index (χ3n) is 2.05. The van der Waals surface area contributed by atoms with Crippen LogP contribution in [0.15, 0.2) is 22.2 Å². The maximum atomic E-state index is 6.09. The molecule has 0 saturated heterocycles. The molecule has 0 radical (unpaired) electrons. The molecule has 0 amide bonds. The lowest BCUT2D eigenvalue weighted by Crippen LogP contribution is -2.14. The van der Waals surface area contributed by atoms with Gasteiger partial charge in [0.2, 0.25) is 0 Å². The third kappa shape index (κ3) is 0.904. The van der Waals surface area contributed by atoms with Gasteiger partial charge in [-0.3, -0.25) is 0 Å². The summed E-state index contributed by atoms with van der Waals surface area (Å²) in [6.07, 6.45) is 4.17. The fourth-order valence-electron chi connectivity index (χ4n) is 1.42. The van der Waals surface area contributed by atoms with E-state index in [1.54, 1.807) is 12.2 Å². The van der Waals surface area contributed by atoms with E-state index in [1.807, 2.05) is 0 Å². The van der Waals surface area contributed by atoms with Crippen LogP contribution in [-0.2, 0) is 0 Å². The maximum Gasteiger partial charge on any atom is 0.102 e. The van der Waals surface area contributed by atoms with Gasteiger partial charge in [-0.2, -0.15) is 0 Å². The Morgan fingerprint density at radius 2 is 1.36 bits per heavy atom. The molecule has 2 aliphatic carbocycles. The van der Waals surface area contributed by atoms with Crippen molar-refractivity contribution in [2.45, 2.75) is 16.2 Å². The van der Waals surface area contributed by atoms with Gasteiger partial charge in [0, 0.05) is 6.42 Å². The fraction of sp³-hybridized carbons (Fsp3) is 0.429. The zero-order valence-corrected chi connectivity index (χ0v) is 8.40. The summed E-state index contributed by atoms with van der Waals surface area (Å²) in [5.74, 6) is 0. The summed E-state index contributed by atoms with van der Waals surface area (Å²) in [6.45, 7) is 0. The number of fused-ring (bicyclic) bond motifs is 2. The molecule has 2 atom stereocenters. The zero-order chi connectivity index (χ0) is 8.28. The minimum absolute atomic E-state index is 0.471. The number of alkyl halides is 2. The number of allylic oxidation sites excluding steroid dienone is 4. The molecule has 0 unspecified atom stereocenters. The second-order valence-corrected chi connectivity index (χ2v) is 4.97. The molecule has 11 heavy (non-hydrogen) atoms. The first-order chi connectivity index (χ1) is 4.98. The van der Waals surface area contributed by atoms with Gasteiger partial charge in [-0.05, 0) is 0 Å². The first kappa shape index (κ1) is 8.25. The summed E-state index contributed by atoms with van der Waals surface area (Å²) in [6, 6.07) is 0. The average molecular weight is 230 g/mol. The van der Waals surface area contributed by atoms with E-state index in [9.17, 15) is 0 Å². The number of hydrogen-bond donors (Lipinski definition) is 0. The molecular weight excluding hydrogens is 226 g/mol. The predicted molar refractivity (Wildman–Crippen MR) is 49.7 cm³/mol. The Labute approximate surface area is 84.8 Å². The van der Waals surface area contributed by atoms with Gasteiger partial charge in [-0.1, -0.05) is 35.4 Å². The van der Waals surface area contributed by atoms with Gasteiger partial charge in [0.25, 0.3) is 0 Å². The number of halogens is 4. The highest BCUT2D eigenvalue weighted by molar-refractivity contribution is 6.51. The molecule has 2 rings (SSSR count). The summed E-state index contributed by atoms with van der Waals surface area (Å²) >= 11 is 23.9. The minimum Gasteiger partial charge on any atom is -0.108 e. The van der Waals surface area contributed by atoms with Gasteiger partial charge < -0.3 is 0 Å². The lowest BCUT2D eigenvalue weighted by atomic mass is 10.1. The minimum atomic E-state index is -0.625. The van der Waals surface area contributed by atoms with Crippen LogP contribution < -0.4 is 0 Å². The summed E-state index contributed by atoms with van der Waals surface area (Å²) in [4.78, 5) is -1.25. The molecule has 0 aliphatic heterocycles. The van der Waals surface area contributed by atoms with Crippen molar-refractivity contribution in [3.8, 4) is 0 Å². The Morgan fingerprint density at radius 1 is 1.00 bits per heavy atom. The Hall–Kier alpha value is 0.640. The van der Waals surface area contributed by atoms with Crippen molar-refractivity contribution in [3.63, 3.8) is 0 Å². The summed E-state index contributed by atoms with van der Waals surface area (Å²) < 4.78 is 0. The van der Waals surface area contributed by atoms with E-state index in [0.717, 1.165) is 0 Å². The lowest BCUT2D eigenvalue weighted by Gasteiger charge is -2.13. The van der Waals surface area contributed by atoms with Gasteiger partial charge in [0.05, 0.1) is 10.1 Å². The quantitative estimate of drug-likeness (QED) is 0.440. The molecule has 0 heterocycles. The van der Waals surface area contributed by atoms with Crippen LogP contribution in [0.1, 0.15) is 6.42 Å². The SMILES string of the molecule is ClC1=C(Cl)[C@@]2(Cl)C=C[C@@]1(Cl)C2. The normalized spacial score (nSPS) is 47.6. The molecule has 0 aromatic carbocycles. The van der Waals surface area contributed by atoms with Crippen molar-refractivity contribution >= 4 is 46.4 Å². The standard InChI is InChI=1S/C7H4Cl4/c8-4-5(9)7(11)2-1-6(4,10)3-7/h1-2H,3H2/t6-,7-/m1/s1. The van der Waals surface area contributed by atoms with Crippen LogP contribution in [0.4, 0.5) is 0 Å². The Balaban J connectivity index is 2.58. The molecule has 2 bridgehead atoms. The van der Waals surface area contributed by atoms with Crippen molar-refractivity contribution in [3.05, 3.63) is 22.2 Å². The van der Waals surface area contributed by atoms with E-state index in [2.05, 4.69) is 0 Å². The molecule has 4 heteroatoms. The predicted octanol–water partition coefficient (Wildman–Crippen LogP) is 3.60. The first-order valence-electron chi connectivity index (χ1n) is 3.12. The second-order valence-electron chi connectivity index (χ2n) is 2.86. The van der Waals surface area contributed by atoms with Crippen LogP contribution in [0, 0.1) is 0 Å². The van der Waals surface area contributed by atoms with Crippen molar-refractivity contribution in [2.24, 2.45) is 0 Å². The van der Waals surface area contributed by atoms with E-state index in [0.29, 0.717) is 16.5 Å². The molecule has 2 aliphatic rings. The highest BCUT2D eigenvalue weighted by Crippen LogP contribution is 2.58. The number of hydrogen-bond acceptors (Lipinski definition) is 0. The first-order valence-corrected chi connectivity index (χ1v) is 4.64. The lowest BCUT2D eigenvalue weighted by molar-refractivity contribution is 0.778. The Morgan fingerprint density at radius 3 is 1.55 bits per heavy atom. The largest absolute Gasteiger partial charge is 0.108 e. The monoisotopic (exact) mass is 228 g/mol.